The maximum absolute atomic E-state index is 12.0. The largest absolute Gasteiger partial charge is 0.469 e. The molecule has 0 radical (unpaired) electrons. The van der Waals surface area contributed by atoms with Gasteiger partial charge in [-0.2, -0.15) is 0 Å². The van der Waals surface area contributed by atoms with Crippen molar-refractivity contribution in [3.8, 4) is 0 Å². The Labute approximate surface area is 189 Å². The van der Waals surface area contributed by atoms with Crippen molar-refractivity contribution in [2.75, 3.05) is 6.61 Å². The number of ether oxygens (including phenoxy) is 1. The number of phosphoric ester groups is 1. The first-order chi connectivity index (χ1) is 13.6. The van der Waals surface area contributed by atoms with E-state index < -0.39 is 55.6 Å². The fraction of sp³-hybridized carbons (Fsp3) is 0.947. The summed E-state index contributed by atoms with van der Waals surface area (Å²) >= 11 is 0. The zero-order valence-corrected chi connectivity index (χ0v) is 23.7. The molecule has 0 spiro atoms. The van der Waals surface area contributed by atoms with E-state index in [1.165, 1.54) is 6.92 Å². The van der Waals surface area contributed by atoms with Gasteiger partial charge in [-0.05, 0) is 36.3 Å². The van der Waals surface area contributed by atoms with Crippen LogP contribution in [0.3, 0.4) is 0 Å². The molecular formula is C19H42NO8PSi2. The minimum Gasteiger partial charge on any atom is -0.407 e. The van der Waals surface area contributed by atoms with Crippen molar-refractivity contribution >= 4 is 30.4 Å². The van der Waals surface area contributed by atoms with E-state index in [0.29, 0.717) is 0 Å². The Morgan fingerprint density at radius 2 is 1.45 bits per heavy atom. The first kappa shape index (κ1) is 28.9. The monoisotopic (exact) mass is 499 g/mol. The lowest BCUT2D eigenvalue weighted by molar-refractivity contribution is -0.121. The quantitative estimate of drug-likeness (QED) is 0.341. The van der Waals surface area contributed by atoms with Gasteiger partial charge in [0.2, 0.25) is 5.91 Å². The lowest BCUT2D eigenvalue weighted by atomic mass is 10.1. The van der Waals surface area contributed by atoms with E-state index in [1.807, 2.05) is 0 Å². The van der Waals surface area contributed by atoms with Crippen LogP contribution in [0.4, 0.5) is 0 Å². The number of hydrogen-bond acceptors (Lipinski definition) is 6. The van der Waals surface area contributed by atoms with Crippen molar-refractivity contribution < 1.29 is 37.3 Å². The Kier molecular flexibility index (Phi) is 8.99. The molecule has 12 heteroatoms. The molecule has 0 aromatic rings. The maximum atomic E-state index is 12.0. The van der Waals surface area contributed by atoms with Crippen LogP contribution >= 0.6 is 7.82 Å². The molecule has 0 aromatic carbocycles. The molecule has 1 aliphatic heterocycles. The SMILES string of the molecule is CC(=O)N[C@@H]1C(O[Si](C)(C)C(C)(C)C)[C@H](O[Si](C)(C)C(C)(C)C)O[C@@H]1COP(=O)(O)O. The fourth-order valence-corrected chi connectivity index (χ4v) is 5.40. The fourth-order valence-electron chi connectivity index (χ4n) is 2.65. The summed E-state index contributed by atoms with van der Waals surface area (Å²) < 4.78 is 35.3. The molecule has 184 valence electrons. The second kappa shape index (κ2) is 9.64. The van der Waals surface area contributed by atoms with Crippen molar-refractivity contribution in [2.24, 2.45) is 0 Å². The Balaban J connectivity index is 3.35. The summed E-state index contributed by atoms with van der Waals surface area (Å²) in [5.74, 6) is -0.299. The number of rotatable bonds is 8. The minimum atomic E-state index is -4.71. The summed E-state index contributed by atoms with van der Waals surface area (Å²) in [5.41, 5.74) is 0. The first-order valence-corrected chi connectivity index (χ1v) is 17.9. The second-order valence-corrected chi connectivity index (χ2v) is 22.0. The van der Waals surface area contributed by atoms with Gasteiger partial charge in [-0.1, -0.05) is 41.5 Å². The summed E-state index contributed by atoms with van der Waals surface area (Å²) in [4.78, 5) is 30.3. The Bertz CT molecular complexity index is 683. The van der Waals surface area contributed by atoms with Crippen LogP contribution in [0.15, 0.2) is 0 Å². The van der Waals surface area contributed by atoms with Gasteiger partial charge in [0, 0.05) is 6.92 Å². The Hall–Kier alpha value is -0.106. The van der Waals surface area contributed by atoms with Gasteiger partial charge in [0.05, 0.1) is 12.6 Å². The van der Waals surface area contributed by atoms with E-state index in [0.717, 1.165) is 0 Å². The molecule has 1 rings (SSSR count). The van der Waals surface area contributed by atoms with Crippen LogP contribution in [-0.2, 0) is 27.5 Å². The molecule has 1 heterocycles. The third-order valence-corrected chi connectivity index (χ3v) is 16.0. The van der Waals surface area contributed by atoms with E-state index in [1.54, 1.807) is 0 Å². The lowest BCUT2D eigenvalue weighted by Gasteiger charge is -2.43. The highest BCUT2D eigenvalue weighted by Crippen LogP contribution is 2.44. The van der Waals surface area contributed by atoms with E-state index in [-0.39, 0.29) is 16.0 Å². The van der Waals surface area contributed by atoms with Crippen molar-refractivity contribution in [1.82, 2.24) is 5.32 Å². The average Bonchev–Trinajstić information content (AvgIpc) is 2.78. The number of nitrogens with one attached hydrogen (secondary N) is 1. The highest BCUT2D eigenvalue weighted by Gasteiger charge is 2.54. The number of amides is 1. The standard InChI is InChI=1S/C19H42NO8PSi2/c1-13(21)20-15-14(12-25-29(22,23)24)26-17(28-31(10,11)19(5,6)7)16(15)27-30(8,9)18(2,3)4/h14-17H,12H2,1-11H3,(H,20,21)(H2,22,23,24)/t14-,15+,16?,17+/m1/s1. The minimum absolute atomic E-state index is 0.0954. The summed E-state index contributed by atoms with van der Waals surface area (Å²) in [6, 6.07) is -0.673. The highest BCUT2D eigenvalue weighted by molar-refractivity contribution is 7.46. The molecule has 0 bridgehead atoms. The molecule has 31 heavy (non-hydrogen) atoms. The van der Waals surface area contributed by atoms with Crippen LogP contribution < -0.4 is 5.32 Å². The third-order valence-electron chi connectivity index (χ3n) is 6.56. The molecular weight excluding hydrogens is 457 g/mol. The van der Waals surface area contributed by atoms with Crippen LogP contribution in [0.1, 0.15) is 48.5 Å². The summed E-state index contributed by atoms with van der Waals surface area (Å²) in [6.45, 7) is 22.0. The molecule has 1 unspecified atom stereocenters. The van der Waals surface area contributed by atoms with Gasteiger partial charge in [-0.3, -0.25) is 9.32 Å². The molecule has 1 saturated heterocycles. The molecule has 1 fully saturated rings. The molecule has 0 aromatic heterocycles. The van der Waals surface area contributed by atoms with Crippen LogP contribution in [0.2, 0.25) is 36.3 Å². The first-order valence-electron chi connectivity index (χ1n) is 10.6. The Morgan fingerprint density at radius 3 is 1.84 bits per heavy atom. The Morgan fingerprint density at radius 1 is 1.00 bits per heavy atom. The highest BCUT2D eigenvalue weighted by atomic mass is 31.2. The third kappa shape index (κ3) is 8.01. The smallest absolute Gasteiger partial charge is 0.407 e. The molecule has 1 amide bonds. The van der Waals surface area contributed by atoms with Gasteiger partial charge in [0.15, 0.2) is 22.9 Å². The normalized spacial score (nSPS) is 26.2. The van der Waals surface area contributed by atoms with Crippen molar-refractivity contribution in [3.05, 3.63) is 0 Å². The molecule has 9 nitrogen and oxygen atoms in total. The number of hydrogen-bond donors (Lipinski definition) is 3. The zero-order valence-electron chi connectivity index (χ0n) is 20.8. The van der Waals surface area contributed by atoms with Gasteiger partial charge in [0.1, 0.15) is 12.2 Å². The predicted molar refractivity (Wildman–Crippen MR) is 125 cm³/mol. The van der Waals surface area contributed by atoms with Crippen LogP contribution in [0, 0.1) is 0 Å². The summed E-state index contributed by atoms with van der Waals surface area (Å²) in [6.07, 6.45) is -2.26. The van der Waals surface area contributed by atoms with Crippen LogP contribution in [0.5, 0.6) is 0 Å². The van der Waals surface area contributed by atoms with Gasteiger partial charge < -0.3 is 28.7 Å². The van der Waals surface area contributed by atoms with Crippen molar-refractivity contribution in [1.29, 1.82) is 0 Å². The van der Waals surface area contributed by atoms with Crippen LogP contribution in [0.25, 0.3) is 0 Å². The van der Waals surface area contributed by atoms with Crippen molar-refractivity contribution in [3.63, 3.8) is 0 Å². The zero-order chi connectivity index (χ0) is 24.6. The molecule has 0 saturated carbocycles. The molecule has 4 atom stereocenters. The van der Waals surface area contributed by atoms with E-state index in [2.05, 4.69) is 73.0 Å². The van der Waals surface area contributed by atoms with Gasteiger partial charge >= 0.3 is 7.82 Å². The van der Waals surface area contributed by atoms with Crippen LogP contribution in [-0.4, -0.2) is 63.5 Å². The molecule has 3 N–H and O–H groups in total. The van der Waals surface area contributed by atoms with Gasteiger partial charge in [-0.15, -0.1) is 0 Å². The lowest BCUT2D eigenvalue weighted by Crippen LogP contribution is -2.56. The second-order valence-electron chi connectivity index (χ2n) is 11.3. The van der Waals surface area contributed by atoms with Crippen molar-refractivity contribution in [2.45, 2.75) is 109 Å². The van der Waals surface area contributed by atoms with Gasteiger partial charge in [0.25, 0.3) is 0 Å². The van der Waals surface area contributed by atoms with E-state index in [4.69, 9.17) is 27.9 Å². The van der Waals surface area contributed by atoms with E-state index >= 15 is 0 Å². The number of carbonyl (C=O) groups is 1. The van der Waals surface area contributed by atoms with Gasteiger partial charge in [-0.25, -0.2) is 4.57 Å². The van der Waals surface area contributed by atoms with E-state index in [9.17, 15) is 9.36 Å². The molecule has 1 aliphatic rings. The summed E-state index contributed by atoms with van der Waals surface area (Å²) in [5, 5.41) is 2.65. The number of phosphoric acid groups is 1. The maximum Gasteiger partial charge on any atom is 0.469 e. The average molecular weight is 500 g/mol. The summed E-state index contributed by atoms with van der Waals surface area (Å²) in [7, 11) is -9.30. The molecule has 0 aliphatic carbocycles. The topological polar surface area (TPSA) is 124 Å². The predicted octanol–water partition coefficient (Wildman–Crippen LogP) is 3.74. The number of carbonyl (C=O) groups excluding carboxylic acids is 1.